The largest absolute Gasteiger partial charge is 0.471 e. The van der Waals surface area contributed by atoms with Gasteiger partial charge in [-0.15, -0.1) is 0 Å². The van der Waals surface area contributed by atoms with Gasteiger partial charge in [-0.05, 0) is 24.3 Å². The lowest BCUT2D eigenvalue weighted by atomic mass is 9.98. The number of rotatable bonds is 4. The molecular weight excluding hydrogens is 398 g/mol. The zero-order valence-corrected chi connectivity index (χ0v) is 15.2. The second-order valence-corrected chi connectivity index (χ2v) is 6.82. The van der Waals surface area contributed by atoms with E-state index in [-0.39, 0.29) is 18.1 Å². The zero-order valence-electron chi connectivity index (χ0n) is 13.6. The van der Waals surface area contributed by atoms with Gasteiger partial charge in [0.05, 0.1) is 17.5 Å². The summed E-state index contributed by atoms with van der Waals surface area (Å²) in [5.41, 5.74) is 2.19. The Morgan fingerprint density at radius 2 is 1.77 bits per heavy atom. The second kappa shape index (κ2) is 6.90. The van der Waals surface area contributed by atoms with Crippen LogP contribution in [0.2, 0.25) is 0 Å². The van der Waals surface area contributed by atoms with Crippen LogP contribution in [-0.4, -0.2) is 11.7 Å². The first-order valence-electron chi connectivity index (χ1n) is 8.04. The van der Waals surface area contributed by atoms with Gasteiger partial charge < -0.3 is 4.42 Å². The van der Waals surface area contributed by atoms with Gasteiger partial charge >= 0.3 is 0 Å². The molecule has 1 aliphatic rings. The van der Waals surface area contributed by atoms with Gasteiger partial charge in [-0.1, -0.05) is 46.3 Å². The van der Waals surface area contributed by atoms with Crippen LogP contribution in [0.3, 0.4) is 0 Å². The van der Waals surface area contributed by atoms with E-state index in [2.05, 4.69) is 15.9 Å². The SMILES string of the molecule is O=C(CC1ON(c2ccccc2)C(=O)c2cocc21)c1ccc(Br)cc1. The van der Waals surface area contributed by atoms with Crippen LogP contribution in [0.1, 0.15) is 38.8 Å². The van der Waals surface area contributed by atoms with Crippen LogP contribution in [0.15, 0.2) is 76.0 Å². The summed E-state index contributed by atoms with van der Waals surface area (Å²) in [6.07, 6.45) is 2.37. The summed E-state index contributed by atoms with van der Waals surface area (Å²) in [6.45, 7) is 0. The van der Waals surface area contributed by atoms with Crippen LogP contribution in [-0.2, 0) is 4.84 Å². The van der Waals surface area contributed by atoms with Gasteiger partial charge in [-0.3, -0.25) is 14.4 Å². The Balaban J connectivity index is 1.63. The van der Waals surface area contributed by atoms with E-state index >= 15 is 0 Å². The molecule has 1 unspecified atom stereocenters. The van der Waals surface area contributed by atoms with E-state index < -0.39 is 6.10 Å². The topological polar surface area (TPSA) is 59.8 Å². The van der Waals surface area contributed by atoms with Gasteiger partial charge in [0.25, 0.3) is 5.91 Å². The summed E-state index contributed by atoms with van der Waals surface area (Å²) >= 11 is 3.36. The fourth-order valence-electron chi connectivity index (χ4n) is 2.88. The maximum Gasteiger partial charge on any atom is 0.285 e. The number of amides is 1. The molecular formula is C20H14BrNO4. The molecule has 5 nitrogen and oxygen atoms in total. The Bertz CT molecular complexity index is 949. The van der Waals surface area contributed by atoms with Crippen molar-refractivity contribution in [2.75, 3.05) is 5.06 Å². The van der Waals surface area contributed by atoms with Gasteiger partial charge in [0, 0.05) is 22.0 Å². The number of Topliss-reactive ketones (excluding diaryl/α,β-unsaturated/α-hetero) is 1. The molecule has 4 rings (SSSR count). The van der Waals surface area contributed by atoms with Crippen molar-refractivity contribution in [2.45, 2.75) is 12.5 Å². The minimum atomic E-state index is -0.599. The van der Waals surface area contributed by atoms with Crippen molar-refractivity contribution in [1.29, 1.82) is 0 Å². The zero-order chi connectivity index (χ0) is 18.1. The first-order valence-corrected chi connectivity index (χ1v) is 8.84. The Morgan fingerprint density at radius 3 is 2.50 bits per heavy atom. The van der Waals surface area contributed by atoms with Crippen molar-refractivity contribution >= 4 is 33.3 Å². The van der Waals surface area contributed by atoms with Crippen LogP contribution < -0.4 is 5.06 Å². The number of para-hydroxylation sites is 1. The van der Waals surface area contributed by atoms with Gasteiger partial charge in [-0.2, -0.15) is 5.06 Å². The Kier molecular flexibility index (Phi) is 4.44. The number of fused-ring (bicyclic) bond motifs is 1. The number of hydrogen-bond acceptors (Lipinski definition) is 4. The van der Waals surface area contributed by atoms with Crippen molar-refractivity contribution in [3.63, 3.8) is 0 Å². The Morgan fingerprint density at radius 1 is 1.04 bits per heavy atom. The summed E-state index contributed by atoms with van der Waals surface area (Å²) in [6, 6.07) is 16.2. The molecule has 130 valence electrons. The van der Waals surface area contributed by atoms with E-state index in [1.807, 2.05) is 30.3 Å². The predicted molar refractivity (Wildman–Crippen MR) is 98.9 cm³/mol. The third kappa shape index (κ3) is 3.09. The van der Waals surface area contributed by atoms with E-state index in [1.165, 1.54) is 17.6 Å². The first-order chi connectivity index (χ1) is 12.6. The van der Waals surface area contributed by atoms with Gasteiger partial charge in [0.2, 0.25) is 0 Å². The monoisotopic (exact) mass is 411 g/mol. The smallest absolute Gasteiger partial charge is 0.285 e. The summed E-state index contributed by atoms with van der Waals surface area (Å²) < 4.78 is 6.11. The van der Waals surface area contributed by atoms with Crippen molar-refractivity contribution < 1.29 is 18.8 Å². The van der Waals surface area contributed by atoms with Crippen molar-refractivity contribution in [3.05, 3.63) is 88.3 Å². The molecule has 3 aromatic rings. The number of benzene rings is 2. The number of carbonyl (C=O) groups is 2. The van der Waals surface area contributed by atoms with E-state index in [9.17, 15) is 9.59 Å². The third-order valence-corrected chi connectivity index (χ3v) is 4.74. The fourth-order valence-corrected chi connectivity index (χ4v) is 3.15. The van der Waals surface area contributed by atoms with Crippen LogP contribution in [0.4, 0.5) is 5.69 Å². The molecule has 1 aromatic heterocycles. The highest BCUT2D eigenvalue weighted by molar-refractivity contribution is 9.10. The fraction of sp³-hybridized carbons (Fsp3) is 0.100. The third-order valence-electron chi connectivity index (χ3n) is 4.21. The molecule has 0 spiro atoms. The lowest BCUT2D eigenvalue weighted by Crippen LogP contribution is -2.38. The summed E-state index contributed by atoms with van der Waals surface area (Å²) in [4.78, 5) is 31.2. The molecule has 0 saturated carbocycles. The number of hydroxylamine groups is 1. The molecule has 0 aliphatic carbocycles. The van der Waals surface area contributed by atoms with Crippen LogP contribution in [0, 0.1) is 0 Å². The second-order valence-electron chi connectivity index (χ2n) is 5.90. The molecule has 2 aromatic carbocycles. The Labute approximate surface area is 158 Å². The van der Waals surface area contributed by atoms with Crippen molar-refractivity contribution in [1.82, 2.24) is 0 Å². The van der Waals surface area contributed by atoms with Crippen molar-refractivity contribution in [3.8, 4) is 0 Å². The molecule has 0 fully saturated rings. The van der Waals surface area contributed by atoms with Gasteiger partial charge in [0.15, 0.2) is 5.78 Å². The highest BCUT2D eigenvalue weighted by Gasteiger charge is 2.36. The molecule has 26 heavy (non-hydrogen) atoms. The summed E-state index contributed by atoms with van der Waals surface area (Å²) in [5, 5.41) is 1.22. The lowest BCUT2D eigenvalue weighted by molar-refractivity contribution is 0.0149. The maximum atomic E-state index is 12.7. The van der Waals surface area contributed by atoms with E-state index in [0.29, 0.717) is 22.4 Å². The summed E-state index contributed by atoms with van der Waals surface area (Å²) in [5.74, 6) is -0.385. The van der Waals surface area contributed by atoms with Crippen LogP contribution in [0.25, 0.3) is 0 Å². The van der Waals surface area contributed by atoms with Crippen LogP contribution >= 0.6 is 15.9 Å². The van der Waals surface area contributed by atoms with Gasteiger partial charge in [0.1, 0.15) is 12.4 Å². The number of halogens is 1. The lowest BCUT2D eigenvalue weighted by Gasteiger charge is -2.31. The van der Waals surface area contributed by atoms with Crippen LogP contribution in [0.5, 0.6) is 0 Å². The number of ketones is 1. The minimum Gasteiger partial charge on any atom is -0.471 e. The Hall–Kier alpha value is -2.70. The number of carbonyl (C=O) groups excluding carboxylic acids is 2. The minimum absolute atomic E-state index is 0.0722. The molecule has 1 amide bonds. The highest BCUT2D eigenvalue weighted by atomic mass is 79.9. The average molecular weight is 412 g/mol. The van der Waals surface area contributed by atoms with E-state index in [0.717, 1.165) is 4.47 Å². The molecule has 0 radical (unpaired) electrons. The number of furan rings is 1. The highest BCUT2D eigenvalue weighted by Crippen LogP contribution is 2.36. The van der Waals surface area contributed by atoms with E-state index in [1.54, 1.807) is 24.3 Å². The normalized spacial score (nSPS) is 16.4. The summed E-state index contributed by atoms with van der Waals surface area (Å²) in [7, 11) is 0. The van der Waals surface area contributed by atoms with E-state index in [4.69, 9.17) is 9.25 Å². The quantitative estimate of drug-likeness (QED) is 0.569. The number of hydrogen-bond donors (Lipinski definition) is 0. The first kappa shape index (κ1) is 16.8. The van der Waals surface area contributed by atoms with Gasteiger partial charge in [-0.25, -0.2) is 0 Å². The number of nitrogens with zero attached hydrogens (tertiary/aromatic N) is 1. The molecule has 1 aliphatic heterocycles. The molecule has 1 atom stereocenters. The maximum absolute atomic E-state index is 12.7. The molecule has 0 N–H and O–H groups in total. The molecule has 6 heteroatoms. The van der Waals surface area contributed by atoms with Crippen molar-refractivity contribution in [2.24, 2.45) is 0 Å². The average Bonchev–Trinajstić information content (AvgIpc) is 3.16. The molecule has 0 bridgehead atoms. The predicted octanol–water partition coefficient (Wildman–Crippen LogP) is 4.95. The molecule has 0 saturated heterocycles. The number of anilines is 1. The standard InChI is InChI=1S/C20H14BrNO4/c21-14-8-6-13(7-9-14)18(23)10-19-16-11-25-12-17(16)20(24)22(26-19)15-4-2-1-3-5-15/h1-9,11-12,19H,10H2. The molecule has 2 heterocycles.